The van der Waals surface area contributed by atoms with E-state index in [1.54, 1.807) is 17.5 Å². The predicted molar refractivity (Wildman–Crippen MR) is 57.1 cm³/mol. The van der Waals surface area contributed by atoms with Crippen LogP contribution in [-0.4, -0.2) is 14.6 Å². The quantitative estimate of drug-likeness (QED) is 0.831. The Morgan fingerprint density at radius 3 is 3.00 bits per heavy atom. The van der Waals surface area contributed by atoms with Crippen molar-refractivity contribution in [2.75, 3.05) is 0 Å². The molecule has 2 aromatic rings. The first-order valence-electron chi connectivity index (χ1n) is 4.16. The molecule has 0 aromatic carbocycles. The van der Waals surface area contributed by atoms with E-state index < -0.39 is 0 Å². The number of nitrogens with zero attached hydrogens (tertiary/aromatic N) is 3. The molecule has 0 radical (unpaired) electrons. The second-order valence-electron chi connectivity index (χ2n) is 3.37. The third-order valence-electron chi connectivity index (χ3n) is 1.67. The summed E-state index contributed by atoms with van der Waals surface area (Å²) >= 11 is 5.05. The smallest absolute Gasteiger partial charge is 0.213 e. The van der Waals surface area contributed by atoms with Crippen LogP contribution in [0, 0.1) is 5.92 Å². The van der Waals surface area contributed by atoms with Gasteiger partial charge < -0.3 is 0 Å². The molecule has 2 rings (SSSR count). The maximum Gasteiger partial charge on any atom is 0.213 e. The molecule has 0 spiro atoms. The fourth-order valence-corrected chi connectivity index (χ4v) is 2.69. The van der Waals surface area contributed by atoms with E-state index in [4.69, 9.17) is 0 Å². The fourth-order valence-electron chi connectivity index (χ4n) is 1.14. The minimum Gasteiger partial charge on any atom is -0.225 e. The molecule has 3 nitrogen and oxygen atoms in total. The zero-order valence-electron chi connectivity index (χ0n) is 7.49. The second kappa shape index (κ2) is 3.38. The molecule has 13 heavy (non-hydrogen) atoms. The molecule has 0 fully saturated rings. The van der Waals surface area contributed by atoms with Crippen LogP contribution < -0.4 is 0 Å². The van der Waals surface area contributed by atoms with Gasteiger partial charge in [0.1, 0.15) is 9.61 Å². The Morgan fingerprint density at radius 1 is 1.62 bits per heavy atom. The summed E-state index contributed by atoms with van der Waals surface area (Å²) in [4.78, 5) is 5.18. The molecule has 0 amide bonds. The first kappa shape index (κ1) is 9.15. The van der Waals surface area contributed by atoms with E-state index in [0.29, 0.717) is 5.92 Å². The summed E-state index contributed by atoms with van der Waals surface area (Å²) in [5.74, 6) is 0.648. The van der Waals surface area contributed by atoms with Crippen molar-refractivity contribution in [3.05, 3.63) is 15.8 Å². The van der Waals surface area contributed by atoms with Crippen LogP contribution >= 0.6 is 27.3 Å². The second-order valence-corrected chi connectivity index (χ2v) is 5.22. The number of fused-ring (bicyclic) bond motifs is 1. The maximum atomic E-state index is 4.44. The Morgan fingerprint density at radius 2 is 2.38 bits per heavy atom. The van der Waals surface area contributed by atoms with Crippen molar-refractivity contribution in [3.8, 4) is 0 Å². The molecule has 0 saturated heterocycles. The van der Waals surface area contributed by atoms with Crippen LogP contribution in [0.15, 0.2) is 10.8 Å². The van der Waals surface area contributed by atoms with Gasteiger partial charge in [-0.25, -0.2) is 4.98 Å². The lowest BCUT2D eigenvalue weighted by Crippen LogP contribution is -1.94. The molecule has 0 aliphatic rings. The molecular weight excluding hydrogens is 250 g/mol. The van der Waals surface area contributed by atoms with Gasteiger partial charge in [-0.3, -0.25) is 0 Å². The Balaban J connectivity index is 2.39. The summed E-state index contributed by atoms with van der Waals surface area (Å²) in [5, 5.41) is 5.59. The van der Waals surface area contributed by atoms with Gasteiger partial charge in [-0.1, -0.05) is 25.2 Å². The van der Waals surface area contributed by atoms with Crippen molar-refractivity contribution < 1.29 is 0 Å². The normalized spacial score (nSPS) is 11.7. The zero-order valence-corrected chi connectivity index (χ0v) is 9.89. The van der Waals surface area contributed by atoms with Crippen LogP contribution in [0.5, 0.6) is 0 Å². The van der Waals surface area contributed by atoms with Gasteiger partial charge in [-0.05, 0) is 21.8 Å². The highest BCUT2D eigenvalue weighted by molar-refractivity contribution is 9.10. The van der Waals surface area contributed by atoms with Crippen molar-refractivity contribution in [3.63, 3.8) is 0 Å². The topological polar surface area (TPSA) is 30.2 Å². The maximum absolute atomic E-state index is 4.44. The monoisotopic (exact) mass is 259 g/mol. The molecule has 2 aromatic heterocycles. The molecule has 0 saturated carbocycles. The molecule has 2 heterocycles. The molecule has 0 bridgehead atoms. The summed E-state index contributed by atoms with van der Waals surface area (Å²) in [6.45, 7) is 4.39. The van der Waals surface area contributed by atoms with Gasteiger partial charge in [0.15, 0.2) is 0 Å². The fraction of sp³-hybridized carbons (Fsp3) is 0.500. The van der Waals surface area contributed by atoms with Crippen molar-refractivity contribution >= 4 is 32.2 Å². The van der Waals surface area contributed by atoms with Crippen molar-refractivity contribution in [1.82, 2.24) is 14.6 Å². The molecular formula is C8H10BrN3S. The average Bonchev–Trinajstić information content (AvgIpc) is 2.53. The predicted octanol–water partition coefficient (Wildman–Crippen LogP) is 2.75. The molecule has 0 unspecified atom stereocenters. The van der Waals surface area contributed by atoms with Crippen molar-refractivity contribution in [2.45, 2.75) is 20.3 Å². The lowest BCUT2D eigenvalue weighted by Gasteiger charge is -1.97. The lowest BCUT2D eigenvalue weighted by atomic mass is 10.1. The Bertz CT molecular complexity index is 418. The average molecular weight is 260 g/mol. The number of aromatic nitrogens is 3. The highest BCUT2D eigenvalue weighted by atomic mass is 79.9. The summed E-state index contributed by atoms with van der Waals surface area (Å²) in [5.41, 5.74) is 0. The van der Waals surface area contributed by atoms with E-state index in [0.717, 1.165) is 21.0 Å². The van der Waals surface area contributed by atoms with Crippen LogP contribution in [0.3, 0.4) is 0 Å². The first-order chi connectivity index (χ1) is 6.16. The number of halogens is 1. The highest BCUT2D eigenvalue weighted by Gasteiger charge is 2.08. The van der Waals surface area contributed by atoms with Gasteiger partial charge in [0, 0.05) is 6.42 Å². The minimum atomic E-state index is 0.648. The Labute approximate surface area is 88.9 Å². The SMILES string of the molecule is CC(C)Cc1nn2c(Br)cnc2s1. The first-order valence-corrected chi connectivity index (χ1v) is 5.76. The Kier molecular flexibility index (Phi) is 2.38. The van der Waals surface area contributed by atoms with Gasteiger partial charge in [-0.2, -0.15) is 9.61 Å². The summed E-state index contributed by atoms with van der Waals surface area (Å²) in [6.07, 6.45) is 2.80. The number of hydrogen-bond acceptors (Lipinski definition) is 3. The molecule has 0 aliphatic heterocycles. The van der Waals surface area contributed by atoms with E-state index >= 15 is 0 Å². The van der Waals surface area contributed by atoms with E-state index in [1.807, 2.05) is 4.52 Å². The zero-order chi connectivity index (χ0) is 9.42. The van der Waals surface area contributed by atoms with Gasteiger partial charge in [0.2, 0.25) is 4.96 Å². The van der Waals surface area contributed by atoms with Gasteiger partial charge in [-0.15, -0.1) is 0 Å². The van der Waals surface area contributed by atoms with Gasteiger partial charge in [0.05, 0.1) is 6.20 Å². The number of rotatable bonds is 2. The van der Waals surface area contributed by atoms with Crippen LogP contribution in [0.4, 0.5) is 0 Å². The van der Waals surface area contributed by atoms with Gasteiger partial charge in [0.25, 0.3) is 0 Å². The molecule has 0 N–H and O–H groups in total. The van der Waals surface area contributed by atoms with Crippen molar-refractivity contribution in [2.24, 2.45) is 5.92 Å². The van der Waals surface area contributed by atoms with Crippen molar-refractivity contribution in [1.29, 1.82) is 0 Å². The van der Waals surface area contributed by atoms with Crippen LogP contribution in [0.25, 0.3) is 4.96 Å². The number of hydrogen-bond donors (Lipinski definition) is 0. The highest BCUT2D eigenvalue weighted by Crippen LogP contribution is 2.20. The summed E-state index contributed by atoms with van der Waals surface area (Å²) in [7, 11) is 0. The third-order valence-corrected chi connectivity index (χ3v) is 3.15. The number of imidazole rings is 1. The molecule has 5 heteroatoms. The summed E-state index contributed by atoms with van der Waals surface area (Å²) in [6, 6.07) is 0. The van der Waals surface area contributed by atoms with E-state index in [-0.39, 0.29) is 0 Å². The van der Waals surface area contributed by atoms with Crippen LogP contribution in [0.1, 0.15) is 18.9 Å². The largest absolute Gasteiger partial charge is 0.225 e. The Hall–Kier alpha value is -0.420. The molecule has 70 valence electrons. The van der Waals surface area contributed by atoms with E-state index in [9.17, 15) is 0 Å². The molecule has 0 atom stereocenters. The van der Waals surface area contributed by atoms with Crippen LogP contribution in [0.2, 0.25) is 0 Å². The summed E-state index contributed by atoms with van der Waals surface area (Å²) < 4.78 is 2.76. The molecule has 0 aliphatic carbocycles. The minimum absolute atomic E-state index is 0.648. The van der Waals surface area contributed by atoms with Gasteiger partial charge >= 0.3 is 0 Å². The van der Waals surface area contributed by atoms with E-state index in [1.165, 1.54) is 0 Å². The van der Waals surface area contributed by atoms with E-state index in [2.05, 4.69) is 39.9 Å². The third kappa shape index (κ3) is 1.76. The lowest BCUT2D eigenvalue weighted by molar-refractivity contribution is 0.636. The standard InChI is InChI=1S/C8H10BrN3S/c1-5(2)3-7-11-12-6(9)4-10-8(12)13-7/h4-5H,3H2,1-2H3. The van der Waals surface area contributed by atoms with Crippen LogP contribution in [-0.2, 0) is 6.42 Å².